The highest BCUT2D eigenvalue weighted by Gasteiger charge is 2.40. The molecule has 1 heterocycles. The summed E-state index contributed by atoms with van der Waals surface area (Å²) >= 11 is 0. The fraction of sp³-hybridized carbons (Fsp3) is 0.0698. The SMILES string of the molecule is CC1(C)c2ccccc2-c2c1ccc1c2N(c2ccccc2)c2cccc3c(-c4ccc(-c5ccccc5)cc4)ccc-1c23. The molecule has 0 saturated carbocycles. The molecule has 1 heteroatoms. The summed E-state index contributed by atoms with van der Waals surface area (Å²) in [6.45, 7) is 4.73. The minimum Gasteiger partial charge on any atom is -0.309 e. The zero-order valence-corrected chi connectivity index (χ0v) is 24.9. The van der Waals surface area contributed by atoms with E-state index in [1.165, 1.54) is 83.5 Å². The lowest BCUT2D eigenvalue weighted by molar-refractivity contribution is 0.660. The molecule has 9 rings (SSSR count). The summed E-state index contributed by atoms with van der Waals surface area (Å²) in [6.07, 6.45) is 0. The lowest BCUT2D eigenvalue weighted by Gasteiger charge is -2.36. The third-order valence-electron chi connectivity index (χ3n) is 9.81. The Morgan fingerprint density at radius 2 is 1.07 bits per heavy atom. The number of nitrogens with zero attached hydrogens (tertiary/aromatic N) is 1. The maximum absolute atomic E-state index is 2.52. The minimum absolute atomic E-state index is 0.0641. The molecule has 2 aliphatic rings. The van der Waals surface area contributed by atoms with E-state index in [1.807, 2.05) is 0 Å². The summed E-state index contributed by atoms with van der Waals surface area (Å²) in [5.41, 5.74) is 16.7. The molecule has 1 nitrogen and oxygen atoms in total. The smallest absolute Gasteiger partial charge is 0.0622 e. The van der Waals surface area contributed by atoms with Crippen molar-refractivity contribution in [3.05, 3.63) is 163 Å². The van der Waals surface area contributed by atoms with Crippen molar-refractivity contribution in [1.82, 2.24) is 0 Å². The van der Waals surface area contributed by atoms with Crippen molar-refractivity contribution >= 4 is 27.8 Å². The molecular formula is C43H31N. The van der Waals surface area contributed by atoms with Crippen molar-refractivity contribution in [3.8, 4) is 44.5 Å². The minimum atomic E-state index is -0.0641. The van der Waals surface area contributed by atoms with Gasteiger partial charge in [-0.05, 0) is 68.1 Å². The van der Waals surface area contributed by atoms with Gasteiger partial charge in [0.1, 0.15) is 0 Å². The Labute approximate surface area is 258 Å². The molecule has 0 atom stereocenters. The average Bonchev–Trinajstić information content (AvgIpc) is 3.32. The molecule has 0 bridgehead atoms. The van der Waals surface area contributed by atoms with Gasteiger partial charge in [-0.15, -0.1) is 0 Å². The highest BCUT2D eigenvalue weighted by molar-refractivity contribution is 6.19. The van der Waals surface area contributed by atoms with Crippen molar-refractivity contribution in [2.45, 2.75) is 19.3 Å². The van der Waals surface area contributed by atoms with Crippen molar-refractivity contribution in [1.29, 1.82) is 0 Å². The van der Waals surface area contributed by atoms with E-state index in [9.17, 15) is 0 Å². The predicted molar refractivity (Wildman–Crippen MR) is 186 cm³/mol. The van der Waals surface area contributed by atoms with Gasteiger partial charge in [-0.3, -0.25) is 0 Å². The number of hydrogen-bond acceptors (Lipinski definition) is 1. The van der Waals surface area contributed by atoms with Crippen molar-refractivity contribution in [2.24, 2.45) is 0 Å². The van der Waals surface area contributed by atoms with E-state index in [4.69, 9.17) is 0 Å². The highest BCUT2D eigenvalue weighted by Crippen LogP contribution is 2.60. The molecular weight excluding hydrogens is 530 g/mol. The van der Waals surface area contributed by atoms with E-state index in [2.05, 4.69) is 170 Å². The number of para-hydroxylation sites is 1. The van der Waals surface area contributed by atoms with Gasteiger partial charge in [0.15, 0.2) is 0 Å². The summed E-state index contributed by atoms with van der Waals surface area (Å²) in [6, 6.07) is 55.7. The highest BCUT2D eigenvalue weighted by atomic mass is 15.2. The van der Waals surface area contributed by atoms with E-state index in [-0.39, 0.29) is 5.41 Å². The van der Waals surface area contributed by atoms with E-state index in [0.29, 0.717) is 0 Å². The van der Waals surface area contributed by atoms with Crippen LogP contribution < -0.4 is 4.90 Å². The lowest BCUT2D eigenvalue weighted by atomic mass is 9.80. The molecule has 0 spiro atoms. The standard InChI is InChI=1S/C43H31N/c1-43(2)37-18-10-9-16-36(37)41-38(43)27-26-35-34-25-24-32(30-22-20-29(21-23-30)28-12-5-3-6-13-28)33-17-11-19-39(40(33)34)44(42(35)41)31-14-7-4-8-15-31/h3-27H,1-2H3. The van der Waals surface area contributed by atoms with Gasteiger partial charge < -0.3 is 4.90 Å². The van der Waals surface area contributed by atoms with E-state index in [0.717, 1.165) is 0 Å². The van der Waals surface area contributed by atoms with Crippen LogP contribution in [0.25, 0.3) is 55.3 Å². The summed E-state index contributed by atoms with van der Waals surface area (Å²) in [4.78, 5) is 2.52. The molecule has 208 valence electrons. The molecule has 0 saturated heterocycles. The third-order valence-corrected chi connectivity index (χ3v) is 9.81. The molecule has 0 unspecified atom stereocenters. The van der Waals surface area contributed by atoms with Gasteiger partial charge in [0.25, 0.3) is 0 Å². The Morgan fingerprint density at radius 3 is 1.86 bits per heavy atom. The quantitative estimate of drug-likeness (QED) is 0.207. The molecule has 7 aromatic carbocycles. The topological polar surface area (TPSA) is 3.24 Å². The van der Waals surface area contributed by atoms with Crippen LogP contribution in [-0.4, -0.2) is 0 Å². The number of fused-ring (bicyclic) bond motifs is 6. The summed E-state index contributed by atoms with van der Waals surface area (Å²) in [5, 5.41) is 2.58. The first kappa shape index (κ1) is 25.1. The molecule has 44 heavy (non-hydrogen) atoms. The number of benzene rings is 7. The summed E-state index contributed by atoms with van der Waals surface area (Å²) in [5.74, 6) is 0. The fourth-order valence-corrected chi connectivity index (χ4v) is 7.71. The van der Waals surface area contributed by atoms with Crippen LogP contribution in [0.1, 0.15) is 25.0 Å². The Balaban J connectivity index is 1.32. The van der Waals surface area contributed by atoms with Crippen molar-refractivity contribution in [3.63, 3.8) is 0 Å². The van der Waals surface area contributed by atoms with Gasteiger partial charge in [-0.25, -0.2) is 0 Å². The van der Waals surface area contributed by atoms with Gasteiger partial charge in [0.2, 0.25) is 0 Å². The van der Waals surface area contributed by atoms with E-state index >= 15 is 0 Å². The number of anilines is 3. The van der Waals surface area contributed by atoms with Gasteiger partial charge in [-0.2, -0.15) is 0 Å². The van der Waals surface area contributed by atoms with Crippen LogP contribution in [0.3, 0.4) is 0 Å². The fourth-order valence-electron chi connectivity index (χ4n) is 7.71. The monoisotopic (exact) mass is 561 g/mol. The van der Waals surface area contributed by atoms with Gasteiger partial charge in [-0.1, -0.05) is 147 Å². The normalized spacial score (nSPS) is 13.8. The Morgan fingerprint density at radius 1 is 0.432 bits per heavy atom. The van der Waals surface area contributed by atoms with Gasteiger partial charge >= 0.3 is 0 Å². The second-order valence-electron chi connectivity index (χ2n) is 12.5. The van der Waals surface area contributed by atoms with Crippen molar-refractivity contribution < 1.29 is 0 Å². The van der Waals surface area contributed by atoms with Crippen molar-refractivity contribution in [2.75, 3.05) is 4.90 Å². The second kappa shape index (κ2) is 9.30. The average molecular weight is 562 g/mol. The Hall–Kier alpha value is -5.40. The Bertz CT molecular complexity index is 2220. The largest absolute Gasteiger partial charge is 0.309 e. The lowest BCUT2D eigenvalue weighted by Crippen LogP contribution is -2.18. The zero-order valence-electron chi connectivity index (χ0n) is 24.9. The molecule has 7 aromatic rings. The molecule has 0 radical (unpaired) electrons. The zero-order chi connectivity index (χ0) is 29.4. The van der Waals surface area contributed by atoms with Crippen LogP contribution >= 0.6 is 0 Å². The number of hydrogen-bond donors (Lipinski definition) is 0. The first-order valence-electron chi connectivity index (χ1n) is 15.5. The van der Waals surface area contributed by atoms with Gasteiger partial charge in [0, 0.05) is 27.6 Å². The summed E-state index contributed by atoms with van der Waals surface area (Å²) < 4.78 is 0. The van der Waals surface area contributed by atoms with Crippen LogP contribution in [0.15, 0.2) is 152 Å². The molecule has 0 fully saturated rings. The first-order valence-corrected chi connectivity index (χ1v) is 15.5. The van der Waals surface area contributed by atoms with Crippen LogP contribution in [0, 0.1) is 0 Å². The maximum atomic E-state index is 2.52. The molecule has 0 N–H and O–H groups in total. The third kappa shape index (κ3) is 3.47. The van der Waals surface area contributed by atoms with Crippen LogP contribution in [0.5, 0.6) is 0 Å². The molecule has 1 aliphatic carbocycles. The number of rotatable bonds is 3. The van der Waals surface area contributed by atoms with Crippen LogP contribution in [0.4, 0.5) is 17.1 Å². The predicted octanol–water partition coefficient (Wildman–Crippen LogP) is 11.9. The van der Waals surface area contributed by atoms with E-state index in [1.54, 1.807) is 0 Å². The molecule has 0 amide bonds. The Kier molecular flexibility index (Phi) is 5.31. The molecule has 0 aromatic heterocycles. The van der Waals surface area contributed by atoms with Crippen LogP contribution in [0.2, 0.25) is 0 Å². The first-order chi connectivity index (χ1) is 21.6. The molecule has 1 aliphatic heterocycles. The van der Waals surface area contributed by atoms with E-state index < -0.39 is 0 Å². The second-order valence-corrected chi connectivity index (χ2v) is 12.5. The van der Waals surface area contributed by atoms with Gasteiger partial charge in [0.05, 0.1) is 11.4 Å². The summed E-state index contributed by atoms with van der Waals surface area (Å²) in [7, 11) is 0. The maximum Gasteiger partial charge on any atom is 0.0622 e. The van der Waals surface area contributed by atoms with Crippen LogP contribution in [-0.2, 0) is 5.41 Å².